The summed E-state index contributed by atoms with van der Waals surface area (Å²) >= 11 is 0. The second-order valence-electron chi connectivity index (χ2n) is 10.9. The van der Waals surface area contributed by atoms with E-state index in [-0.39, 0.29) is 5.91 Å². The predicted molar refractivity (Wildman–Crippen MR) is 120 cm³/mol. The Hall–Kier alpha value is -1.81. The summed E-state index contributed by atoms with van der Waals surface area (Å²) < 4.78 is 2.23. The van der Waals surface area contributed by atoms with Crippen LogP contribution in [0.25, 0.3) is 10.9 Å². The SMILES string of the molecule is Cc1c(C)n(C)c2ccc(C(=O)N3CC[NH+](C4C5CC6CC(C5)CC4C6)CC3)cc12. The molecule has 2 aromatic rings. The Labute approximate surface area is 180 Å². The lowest BCUT2D eigenvalue weighted by Crippen LogP contribution is -3.20. The summed E-state index contributed by atoms with van der Waals surface area (Å²) in [6.45, 7) is 8.44. The highest BCUT2D eigenvalue weighted by Crippen LogP contribution is 2.53. The number of nitrogens with zero attached hydrogens (tertiary/aromatic N) is 2. The summed E-state index contributed by atoms with van der Waals surface area (Å²) in [6.07, 6.45) is 7.53. The standard InChI is InChI=1S/C26H35N3O/c1-16-17(2)27(3)24-5-4-20(15-23(16)24)26(30)29-8-6-28(7-9-29)25-21-11-18-10-19(13-21)14-22(25)12-18/h4-5,15,18-19,21-22,25H,6-14H2,1-3H3/p+1. The molecular formula is C26H36N3O+. The van der Waals surface area contributed by atoms with E-state index < -0.39 is 0 Å². The number of amides is 1. The normalized spacial score (nSPS) is 33.6. The summed E-state index contributed by atoms with van der Waals surface area (Å²) in [5.41, 5.74) is 4.65. The highest BCUT2D eigenvalue weighted by Gasteiger charge is 2.52. The molecule has 4 saturated carbocycles. The van der Waals surface area contributed by atoms with Gasteiger partial charge in [0.25, 0.3) is 5.91 Å². The molecule has 1 aromatic carbocycles. The molecule has 5 fully saturated rings. The Kier molecular flexibility index (Phi) is 4.32. The number of aromatic nitrogens is 1. The van der Waals surface area contributed by atoms with Crippen molar-refractivity contribution in [1.29, 1.82) is 0 Å². The van der Waals surface area contributed by atoms with Gasteiger partial charge in [-0.2, -0.15) is 0 Å². The minimum atomic E-state index is 0.224. The number of rotatable bonds is 2. The smallest absolute Gasteiger partial charge is 0.254 e. The Morgan fingerprint density at radius 3 is 2.23 bits per heavy atom. The van der Waals surface area contributed by atoms with Crippen molar-refractivity contribution in [3.05, 3.63) is 35.0 Å². The number of carbonyl (C=O) groups is 1. The van der Waals surface area contributed by atoms with Gasteiger partial charge in [0.05, 0.1) is 32.2 Å². The number of piperazine rings is 1. The molecule has 4 aliphatic carbocycles. The average Bonchev–Trinajstić information content (AvgIpc) is 2.97. The monoisotopic (exact) mass is 406 g/mol. The second-order valence-corrected chi connectivity index (χ2v) is 10.9. The van der Waals surface area contributed by atoms with Crippen LogP contribution in [0.15, 0.2) is 18.2 Å². The minimum Gasteiger partial charge on any atom is -0.348 e. The average molecular weight is 407 g/mol. The molecule has 4 bridgehead atoms. The van der Waals surface area contributed by atoms with E-state index in [1.54, 1.807) is 0 Å². The Morgan fingerprint density at radius 1 is 0.967 bits per heavy atom. The van der Waals surface area contributed by atoms with Gasteiger partial charge in [-0.15, -0.1) is 0 Å². The van der Waals surface area contributed by atoms with Gasteiger partial charge < -0.3 is 14.4 Å². The number of fused-ring (bicyclic) bond motifs is 1. The van der Waals surface area contributed by atoms with Crippen LogP contribution in [0.4, 0.5) is 0 Å². The van der Waals surface area contributed by atoms with Gasteiger partial charge in [0.2, 0.25) is 0 Å². The fraction of sp³-hybridized carbons (Fsp3) is 0.654. The molecule has 0 unspecified atom stereocenters. The number of hydrogen-bond donors (Lipinski definition) is 1. The molecule has 4 nitrogen and oxygen atoms in total. The first kappa shape index (κ1) is 18.9. The third kappa shape index (κ3) is 2.79. The fourth-order valence-corrected chi connectivity index (χ4v) is 7.99. The first-order valence-corrected chi connectivity index (χ1v) is 12.2. The van der Waals surface area contributed by atoms with Crippen LogP contribution in [-0.2, 0) is 7.05 Å². The van der Waals surface area contributed by atoms with Crippen LogP contribution >= 0.6 is 0 Å². The van der Waals surface area contributed by atoms with Gasteiger partial charge in [-0.1, -0.05) is 0 Å². The molecule has 1 N–H and O–H groups in total. The zero-order valence-electron chi connectivity index (χ0n) is 18.8. The van der Waals surface area contributed by atoms with Gasteiger partial charge in [-0.25, -0.2) is 0 Å². The molecule has 1 saturated heterocycles. The second kappa shape index (κ2) is 6.85. The summed E-state index contributed by atoms with van der Waals surface area (Å²) in [7, 11) is 2.11. The van der Waals surface area contributed by atoms with Crippen LogP contribution in [0.5, 0.6) is 0 Å². The van der Waals surface area contributed by atoms with Gasteiger partial charge in [-0.3, -0.25) is 4.79 Å². The zero-order chi connectivity index (χ0) is 20.6. The van der Waals surface area contributed by atoms with E-state index in [2.05, 4.69) is 42.5 Å². The van der Waals surface area contributed by atoms with Crippen molar-refractivity contribution in [1.82, 2.24) is 9.47 Å². The molecule has 160 valence electrons. The fourth-order valence-electron chi connectivity index (χ4n) is 7.99. The molecule has 5 aliphatic rings. The molecule has 1 amide bonds. The van der Waals surface area contributed by atoms with Crippen LogP contribution in [0.3, 0.4) is 0 Å². The summed E-state index contributed by atoms with van der Waals surface area (Å²) in [6, 6.07) is 7.16. The Balaban J connectivity index is 1.16. The Morgan fingerprint density at radius 2 is 1.60 bits per heavy atom. The van der Waals surface area contributed by atoms with E-state index in [9.17, 15) is 4.79 Å². The number of aryl methyl sites for hydroxylation is 2. The predicted octanol–water partition coefficient (Wildman–Crippen LogP) is 2.96. The molecule has 7 rings (SSSR count). The van der Waals surface area contributed by atoms with Crippen molar-refractivity contribution in [2.24, 2.45) is 30.7 Å². The van der Waals surface area contributed by atoms with Crippen molar-refractivity contribution >= 4 is 16.8 Å². The largest absolute Gasteiger partial charge is 0.348 e. The first-order valence-electron chi connectivity index (χ1n) is 12.2. The van der Waals surface area contributed by atoms with Gasteiger partial charge in [0, 0.05) is 41.0 Å². The maximum atomic E-state index is 13.3. The van der Waals surface area contributed by atoms with Crippen molar-refractivity contribution in [2.45, 2.75) is 52.0 Å². The number of nitrogens with one attached hydrogen (secondary N) is 1. The van der Waals surface area contributed by atoms with E-state index in [4.69, 9.17) is 0 Å². The summed E-state index contributed by atoms with van der Waals surface area (Å²) in [5, 5.41) is 1.22. The molecule has 1 aromatic heterocycles. The lowest BCUT2D eigenvalue weighted by Gasteiger charge is -2.56. The molecule has 30 heavy (non-hydrogen) atoms. The van der Waals surface area contributed by atoms with E-state index in [1.807, 2.05) is 11.0 Å². The van der Waals surface area contributed by atoms with Crippen molar-refractivity contribution in [3.63, 3.8) is 0 Å². The van der Waals surface area contributed by atoms with E-state index in [0.29, 0.717) is 0 Å². The van der Waals surface area contributed by atoms with Gasteiger partial charge in [-0.05, 0) is 81.5 Å². The van der Waals surface area contributed by atoms with Crippen LogP contribution in [-0.4, -0.2) is 47.6 Å². The third-order valence-electron chi connectivity index (χ3n) is 9.45. The van der Waals surface area contributed by atoms with E-state index in [1.165, 1.54) is 54.3 Å². The molecule has 1 aliphatic heterocycles. The highest BCUT2D eigenvalue weighted by molar-refractivity contribution is 5.99. The number of quaternary nitrogens is 1. The van der Waals surface area contributed by atoms with Gasteiger partial charge in [0.15, 0.2) is 0 Å². The van der Waals surface area contributed by atoms with Gasteiger partial charge in [0.1, 0.15) is 0 Å². The van der Waals surface area contributed by atoms with Crippen molar-refractivity contribution in [3.8, 4) is 0 Å². The van der Waals surface area contributed by atoms with Crippen LogP contribution in [0.1, 0.15) is 53.7 Å². The van der Waals surface area contributed by atoms with Crippen LogP contribution in [0.2, 0.25) is 0 Å². The molecular weight excluding hydrogens is 370 g/mol. The van der Waals surface area contributed by atoms with E-state index in [0.717, 1.165) is 61.5 Å². The third-order valence-corrected chi connectivity index (χ3v) is 9.45. The van der Waals surface area contributed by atoms with Crippen molar-refractivity contribution < 1.29 is 9.69 Å². The number of carbonyl (C=O) groups excluding carboxylic acids is 1. The molecule has 2 heterocycles. The highest BCUT2D eigenvalue weighted by atomic mass is 16.2. The van der Waals surface area contributed by atoms with Gasteiger partial charge >= 0.3 is 0 Å². The lowest BCUT2D eigenvalue weighted by atomic mass is 9.54. The molecule has 0 atom stereocenters. The molecule has 0 radical (unpaired) electrons. The van der Waals surface area contributed by atoms with Crippen molar-refractivity contribution in [2.75, 3.05) is 26.2 Å². The van der Waals surface area contributed by atoms with E-state index >= 15 is 0 Å². The quantitative estimate of drug-likeness (QED) is 0.816. The zero-order valence-corrected chi connectivity index (χ0v) is 18.8. The summed E-state index contributed by atoms with van der Waals surface area (Å²) in [4.78, 5) is 17.2. The number of benzene rings is 1. The molecule has 4 heteroatoms. The van der Waals surface area contributed by atoms with Crippen LogP contribution < -0.4 is 4.90 Å². The lowest BCUT2D eigenvalue weighted by molar-refractivity contribution is -0.939. The topological polar surface area (TPSA) is 29.7 Å². The Bertz CT molecular complexity index is 969. The molecule has 0 spiro atoms. The minimum absolute atomic E-state index is 0.224. The first-order chi connectivity index (χ1) is 14.5. The number of hydrogen-bond acceptors (Lipinski definition) is 1. The maximum Gasteiger partial charge on any atom is 0.254 e. The maximum absolute atomic E-state index is 13.3. The summed E-state index contributed by atoms with van der Waals surface area (Å²) in [5.74, 6) is 4.27. The van der Waals surface area contributed by atoms with Crippen LogP contribution in [0, 0.1) is 37.5 Å².